The lowest BCUT2D eigenvalue weighted by Crippen LogP contribution is -2.07. The molecule has 0 saturated carbocycles. The first-order valence-electron chi connectivity index (χ1n) is 5.73. The number of esters is 1. The maximum atomic E-state index is 11.2. The fourth-order valence-corrected chi connectivity index (χ4v) is 1.27. The van der Waals surface area contributed by atoms with Gasteiger partial charge in [-0.1, -0.05) is 42.9 Å². The summed E-state index contributed by atoms with van der Waals surface area (Å²) in [6, 6.07) is 0. The quantitative estimate of drug-likeness (QED) is 0.506. The Balaban J connectivity index is 4.04. The van der Waals surface area contributed by atoms with E-state index in [1.807, 2.05) is 58.1 Å². The Hall–Kier alpha value is -1.31. The molecule has 0 radical (unpaired) electrons. The van der Waals surface area contributed by atoms with E-state index in [0.29, 0.717) is 13.0 Å². The fraction of sp³-hybridized carbons (Fsp3) is 0.500. The van der Waals surface area contributed by atoms with E-state index in [0.717, 1.165) is 0 Å². The Bertz CT molecular complexity index is 285. The predicted octanol–water partition coefficient (Wildman–Crippen LogP) is 3.65. The number of carbonyl (C=O) groups excluding carboxylic acids is 1. The second kappa shape index (κ2) is 8.96. The van der Waals surface area contributed by atoms with Gasteiger partial charge >= 0.3 is 5.97 Å². The molecule has 0 aliphatic rings. The maximum absolute atomic E-state index is 11.2. The minimum absolute atomic E-state index is 0.131. The fourth-order valence-electron chi connectivity index (χ4n) is 1.27. The largest absolute Gasteiger partial charge is 0.466 e. The summed E-state index contributed by atoms with van der Waals surface area (Å²) in [5.41, 5.74) is 1.20. The van der Waals surface area contributed by atoms with Crippen LogP contribution in [0.5, 0.6) is 0 Å². The molecule has 16 heavy (non-hydrogen) atoms. The van der Waals surface area contributed by atoms with Gasteiger partial charge in [0, 0.05) is 0 Å². The Labute approximate surface area is 98.7 Å². The Morgan fingerprint density at radius 2 is 2.12 bits per heavy atom. The normalized spacial score (nSPS) is 14.6. The first kappa shape index (κ1) is 14.7. The number of ether oxygens (including phenoxy) is 1. The van der Waals surface area contributed by atoms with Crippen LogP contribution in [0.2, 0.25) is 0 Å². The van der Waals surface area contributed by atoms with Crippen LogP contribution in [0.1, 0.15) is 34.1 Å². The van der Waals surface area contributed by atoms with E-state index in [4.69, 9.17) is 4.74 Å². The third-order valence-electron chi connectivity index (χ3n) is 2.02. The summed E-state index contributed by atoms with van der Waals surface area (Å²) in [5, 5.41) is 0. The molecule has 0 heterocycles. The Morgan fingerprint density at radius 1 is 1.44 bits per heavy atom. The molecular formula is C14H22O2. The summed E-state index contributed by atoms with van der Waals surface area (Å²) in [7, 11) is 0. The van der Waals surface area contributed by atoms with Crippen LogP contribution >= 0.6 is 0 Å². The van der Waals surface area contributed by atoms with Crippen LogP contribution in [0.3, 0.4) is 0 Å². The van der Waals surface area contributed by atoms with Gasteiger partial charge in [-0.3, -0.25) is 4.79 Å². The molecule has 0 fully saturated rings. The van der Waals surface area contributed by atoms with Crippen LogP contribution in [-0.2, 0) is 9.53 Å². The Morgan fingerprint density at radius 3 is 2.69 bits per heavy atom. The molecule has 0 bridgehead atoms. The molecule has 0 aromatic carbocycles. The zero-order valence-electron chi connectivity index (χ0n) is 10.7. The highest BCUT2D eigenvalue weighted by atomic mass is 16.5. The van der Waals surface area contributed by atoms with Crippen molar-refractivity contribution in [3.05, 3.63) is 36.0 Å². The van der Waals surface area contributed by atoms with Gasteiger partial charge in [-0.25, -0.2) is 0 Å². The van der Waals surface area contributed by atoms with Gasteiger partial charge in [-0.2, -0.15) is 0 Å². The smallest absolute Gasteiger partial charge is 0.306 e. The molecule has 2 heteroatoms. The van der Waals surface area contributed by atoms with Crippen molar-refractivity contribution < 1.29 is 9.53 Å². The van der Waals surface area contributed by atoms with Crippen molar-refractivity contribution in [2.24, 2.45) is 5.92 Å². The lowest BCUT2D eigenvalue weighted by atomic mass is 10.1. The molecule has 0 aliphatic carbocycles. The monoisotopic (exact) mass is 222 g/mol. The molecule has 0 amide bonds. The van der Waals surface area contributed by atoms with Crippen LogP contribution in [0.25, 0.3) is 0 Å². The first-order chi connectivity index (χ1) is 7.60. The van der Waals surface area contributed by atoms with Crippen molar-refractivity contribution >= 4 is 5.97 Å². The molecule has 1 atom stereocenters. The lowest BCUT2D eigenvalue weighted by Gasteiger charge is -2.04. The summed E-state index contributed by atoms with van der Waals surface area (Å²) < 4.78 is 4.88. The van der Waals surface area contributed by atoms with Crippen LogP contribution < -0.4 is 0 Å². The minimum atomic E-state index is -0.131. The summed E-state index contributed by atoms with van der Waals surface area (Å²) in [6.45, 7) is 8.31. The Kier molecular flexibility index (Phi) is 8.22. The van der Waals surface area contributed by atoms with Crippen LogP contribution in [0.15, 0.2) is 36.0 Å². The van der Waals surface area contributed by atoms with Crippen molar-refractivity contribution in [1.29, 1.82) is 0 Å². The molecule has 0 aliphatic heterocycles. The lowest BCUT2D eigenvalue weighted by molar-refractivity contribution is -0.143. The molecule has 0 N–H and O–H groups in total. The van der Waals surface area contributed by atoms with Gasteiger partial charge < -0.3 is 4.74 Å². The second-order valence-corrected chi connectivity index (χ2v) is 3.78. The van der Waals surface area contributed by atoms with Gasteiger partial charge in [0.15, 0.2) is 0 Å². The van der Waals surface area contributed by atoms with E-state index in [1.54, 1.807) is 0 Å². The van der Waals surface area contributed by atoms with Crippen molar-refractivity contribution in [2.75, 3.05) is 6.61 Å². The molecular weight excluding hydrogens is 200 g/mol. The zero-order chi connectivity index (χ0) is 12.4. The van der Waals surface area contributed by atoms with Crippen molar-refractivity contribution in [3.8, 4) is 0 Å². The predicted molar refractivity (Wildman–Crippen MR) is 68.1 cm³/mol. The van der Waals surface area contributed by atoms with E-state index in [9.17, 15) is 4.79 Å². The van der Waals surface area contributed by atoms with E-state index < -0.39 is 0 Å². The SMILES string of the molecule is C/C=C/C(C)=C\C=C/[C@H](C)CC(=O)OCC. The number of carbonyl (C=O) groups is 1. The minimum Gasteiger partial charge on any atom is -0.466 e. The van der Waals surface area contributed by atoms with Crippen molar-refractivity contribution in [2.45, 2.75) is 34.1 Å². The highest BCUT2D eigenvalue weighted by Crippen LogP contribution is 2.06. The van der Waals surface area contributed by atoms with Gasteiger partial charge in [-0.05, 0) is 26.7 Å². The molecule has 0 unspecified atom stereocenters. The van der Waals surface area contributed by atoms with Gasteiger partial charge in [0.25, 0.3) is 0 Å². The van der Waals surface area contributed by atoms with E-state index in [-0.39, 0.29) is 11.9 Å². The average molecular weight is 222 g/mol. The second-order valence-electron chi connectivity index (χ2n) is 3.78. The standard InChI is InChI=1S/C14H22O2/c1-5-8-12(3)9-7-10-13(4)11-14(15)16-6-2/h5,7-10,13H,6,11H2,1-4H3/b8-5+,10-7-,12-9-/t13-/m0/s1. The van der Waals surface area contributed by atoms with Crippen LogP contribution in [0.4, 0.5) is 0 Å². The van der Waals surface area contributed by atoms with Gasteiger partial charge in [0.1, 0.15) is 0 Å². The van der Waals surface area contributed by atoms with E-state index in [1.165, 1.54) is 5.57 Å². The number of rotatable bonds is 6. The zero-order valence-corrected chi connectivity index (χ0v) is 10.7. The molecule has 0 spiro atoms. The molecule has 0 aromatic rings. The number of hydrogen-bond acceptors (Lipinski definition) is 2. The summed E-state index contributed by atoms with van der Waals surface area (Å²) in [4.78, 5) is 11.2. The maximum Gasteiger partial charge on any atom is 0.306 e. The topological polar surface area (TPSA) is 26.3 Å². The summed E-state index contributed by atoms with van der Waals surface area (Å²) in [5.74, 6) is 0.0857. The van der Waals surface area contributed by atoms with E-state index >= 15 is 0 Å². The van der Waals surface area contributed by atoms with E-state index in [2.05, 4.69) is 0 Å². The van der Waals surface area contributed by atoms with Crippen LogP contribution in [-0.4, -0.2) is 12.6 Å². The molecule has 0 rings (SSSR count). The van der Waals surface area contributed by atoms with Crippen molar-refractivity contribution in [3.63, 3.8) is 0 Å². The van der Waals surface area contributed by atoms with Crippen molar-refractivity contribution in [1.82, 2.24) is 0 Å². The molecule has 2 nitrogen and oxygen atoms in total. The number of hydrogen-bond donors (Lipinski definition) is 0. The number of allylic oxidation sites excluding steroid dienone is 6. The third kappa shape index (κ3) is 8.04. The first-order valence-corrected chi connectivity index (χ1v) is 5.73. The molecule has 0 aromatic heterocycles. The highest BCUT2D eigenvalue weighted by molar-refractivity contribution is 5.69. The summed E-state index contributed by atoms with van der Waals surface area (Å²) in [6.07, 6.45) is 10.5. The van der Waals surface area contributed by atoms with Gasteiger partial charge in [0.05, 0.1) is 13.0 Å². The third-order valence-corrected chi connectivity index (χ3v) is 2.02. The van der Waals surface area contributed by atoms with Gasteiger partial charge in [0.2, 0.25) is 0 Å². The highest BCUT2D eigenvalue weighted by Gasteiger charge is 2.05. The summed E-state index contributed by atoms with van der Waals surface area (Å²) >= 11 is 0. The molecule has 90 valence electrons. The molecule has 0 saturated heterocycles. The van der Waals surface area contributed by atoms with Crippen LogP contribution in [0, 0.1) is 5.92 Å². The van der Waals surface area contributed by atoms with Gasteiger partial charge in [-0.15, -0.1) is 0 Å². The average Bonchev–Trinajstić information content (AvgIpc) is 2.18.